The Balaban J connectivity index is 2.06. The predicted octanol–water partition coefficient (Wildman–Crippen LogP) is 1.22. The number of hydrogen-bond donors (Lipinski definition) is 1. The van der Waals surface area contributed by atoms with Crippen LogP contribution in [-0.2, 0) is 9.84 Å². The summed E-state index contributed by atoms with van der Waals surface area (Å²) in [6.07, 6.45) is 0.849. The maximum absolute atomic E-state index is 11.8. The Morgan fingerprint density at radius 3 is 2.41 bits per heavy atom. The third-order valence-electron chi connectivity index (χ3n) is 2.70. The molecule has 1 aliphatic heterocycles. The third kappa shape index (κ3) is 2.98. The van der Waals surface area contributed by atoms with Gasteiger partial charge in [0.1, 0.15) is 11.9 Å². The first-order valence-corrected chi connectivity index (χ1v) is 7.47. The van der Waals surface area contributed by atoms with Gasteiger partial charge in [0.15, 0.2) is 9.84 Å². The molecule has 2 rings (SSSR count). The highest BCUT2D eigenvalue weighted by molar-refractivity contribution is 7.91. The largest absolute Gasteiger partial charge is 0.488 e. The molecule has 1 fully saturated rings. The van der Waals surface area contributed by atoms with E-state index in [2.05, 4.69) is 5.32 Å². The van der Waals surface area contributed by atoms with E-state index in [1.165, 1.54) is 0 Å². The minimum atomic E-state index is -3.12. The molecule has 0 spiro atoms. The number of rotatable bonds is 5. The van der Waals surface area contributed by atoms with Crippen LogP contribution < -0.4 is 10.1 Å². The van der Waals surface area contributed by atoms with Gasteiger partial charge in [-0.2, -0.15) is 0 Å². The van der Waals surface area contributed by atoms with E-state index in [-0.39, 0.29) is 11.9 Å². The maximum atomic E-state index is 11.8. The summed E-state index contributed by atoms with van der Waals surface area (Å²) in [6, 6.07) is 6.68. The molecular weight excluding hydrogens is 238 g/mol. The minimum absolute atomic E-state index is 0.194. The van der Waals surface area contributed by atoms with Crippen LogP contribution in [-0.4, -0.2) is 33.4 Å². The van der Waals surface area contributed by atoms with E-state index >= 15 is 0 Å². The standard InChI is InChI=1S/C12H17NO3S/c1-2-7-17(14,15)12-5-3-10(4-6-12)16-11-8-13-9-11/h3-6,11,13H,2,7-9H2,1H3. The topological polar surface area (TPSA) is 55.4 Å². The fourth-order valence-electron chi connectivity index (χ4n) is 1.65. The Morgan fingerprint density at radius 2 is 1.94 bits per heavy atom. The van der Waals surface area contributed by atoms with Crippen LogP contribution in [0, 0.1) is 0 Å². The van der Waals surface area contributed by atoms with E-state index in [0.717, 1.165) is 18.8 Å². The lowest BCUT2D eigenvalue weighted by molar-refractivity contribution is 0.142. The highest BCUT2D eigenvalue weighted by atomic mass is 32.2. The van der Waals surface area contributed by atoms with Crippen LogP contribution in [0.5, 0.6) is 5.75 Å². The molecule has 0 atom stereocenters. The summed E-state index contributed by atoms with van der Waals surface area (Å²) in [5.41, 5.74) is 0. The van der Waals surface area contributed by atoms with Gasteiger partial charge in [-0.25, -0.2) is 8.42 Å². The molecule has 0 aliphatic carbocycles. The molecule has 0 amide bonds. The van der Waals surface area contributed by atoms with Crippen molar-refractivity contribution in [3.63, 3.8) is 0 Å². The number of hydrogen-bond acceptors (Lipinski definition) is 4. The second-order valence-corrected chi connectivity index (χ2v) is 6.30. The van der Waals surface area contributed by atoms with Gasteiger partial charge in [0.2, 0.25) is 0 Å². The van der Waals surface area contributed by atoms with Gasteiger partial charge in [-0.3, -0.25) is 0 Å². The normalized spacial score (nSPS) is 16.5. The van der Waals surface area contributed by atoms with Crippen molar-refractivity contribution in [3.05, 3.63) is 24.3 Å². The van der Waals surface area contributed by atoms with Crippen LogP contribution >= 0.6 is 0 Å². The molecule has 1 aliphatic rings. The average Bonchev–Trinajstić information content (AvgIpc) is 2.24. The van der Waals surface area contributed by atoms with Crippen LogP contribution in [0.4, 0.5) is 0 Å². The highest BCUT2D eigenvalue weighted by Crippen LogP contribution is 2.19. The summed E-state index contributed by atoms with van der Waals surface area (Å²) < 4.78 is 29.2. The number of benzene rings is 1. The van der Waals surface area contributed by atoms with Gasteiger partial charge in [-0.15, -0.1) is 0 Å². The molecule has 4 nitrogen and oxygen atoms in total. The van der Waals surface area contributed by atoms with Gasteiger partial charge in [-0.1, -0.05) is 6.92 Å². The molecule has 0 radical (unpaired) electrons. The van der Waals surface area contributed by atoms with E-state index in [1.54, 1.807) is 24.3 Å². The summed E-state index contributed by atoms with van der Waals surface area (Å²) >= 11 is 0. The number of sulfone groups is 1. The molecule has 17 heavy (non-hydrogen) atoms. The van der Waals surface area contributed by atoms with Gasteiger partial charge >= 0.3 is 0 Å². The van der Waals surface area contributed by atoms with Gasteiger partial charge in [0.05, 0.1) is 10.6 Å². The van der Waals surface area contributed by atoms with Gasteiger partial charge in [0.25, 0.3) is 0 Å². The lowest BCUT2D eigenvalue weighted by Crippen LogP contribution is -2.50. The molecule has 1 saturated heterocycles. The zero-order chi connectivity index (χ0) is 12.3. The first-order chi connectivity index (χ1) is 8.12. The van der Waals surface area contributed by atoms with Crippen molar-refractivity contribution in [2.75, 3.05) is 18.8 Å². The Morgan fingerprint density at radius 1 is 1.29 bits per heavy atom. The van der Waals surface area contributed by atoms with Gasteiger partial charge in [0, 0.05) is 13.1 Å². The fourth-order valence-corrected chi connectivity index (χ4v) is 2.97. The van der Waals surface area contributed by atoms with Crippen molar-refractivity contribution < 1.29 is 13.2 Å². The van der Waals surface area contributed by atoms with E-state index in [1.807, 2.05) is 6.92 Å². The summed E-state index contributed by atoms with van der Waals surface area (Å²) in [5.74, 6) is 0.923. The molecule has 5 heteroatoms. The molecule has 1 heterocycles. The molecule has 0 unspecified atom stereocenters. The minimum Gasteiger partial charge on any atom is -0.488 e. The zero-order valence-electron chi connectivity index (χ0n) is 9.85. The zero-order valence-corrected chi connectivity index (χ0v) is 10.7. The van der Waals surface area contributed by atoms with Crippen molar-refractivity contribution in [3.8, 4) is 5.75 Å². The molecule has 1 aromatic carbocycles. The Labute approximate surface area is 102 Å². The maximum Gasteiger partial charge on any atom is 0.178 e. The molecule has 94 valence electrons. The SMILES string of the molecule is CCCS(=O)(=O)c1ccc(OC2CNC2)cc1. The quantitative estimate of drug-likeness (QED) is 0.859. The molecular formula is C12H17NO3S. The fraction of sp³-hybridized carbons (Fsp3) is 0.500. The Bertz CT molecular complexity index is 463. The number of ether oxygens (including phenoxy) is 1. The second-order valence-electron chi connectivity index (χ2n) is 4.19. The first kappa shape index (κ1) is 12.4. The van der Waals surface area contributed by atoms with Crippen LogP contribution in [0.25, 0.3) is 0 Å². The molecule has 1 N–H and O–H groups in total. The van der Waals surface area contributed by atoms with E-state index in [0.29, 0.717) is 11.3 Å². The van der Waals surface area contributed by atoms with Crippen molar-refractivity contribution in [2.24, 2.45) is 0 Å². The van der Waals surface area contributed by atoms with Gasteiger partial charge in [-0.05, 0) is 30.7 Å². The molecule has 1 aromatic rings. The van der Waals surface area contributed by atoms with E-state index in [4.69, 9.17) is 4.74 Å². The van der Waals surface area contributed by atoms with E-state index in [9.17, 15) is 8.42 Å². The Kier molecular flexibility index (Phi) is 3.69. The summed E-state index contributed by atoms with van der Waals surface area (Å²) in [7, 11) is -3.12. The first-order valence-electron chi connectivity index (χ1n) is 5.82. The van der Waals surface area contributed by atoms with Crippen molar-refractivity contribution in [1.82, 2.24) is 5.32 Å². The van der Waals surface area contributed by atoms with Crippen LogP contribution in [0.3, 0.4) is 0 Å². The molecule has 0 saturated carbocycles. The highest BCUT2D eigenvalue weighted by Gasteiger charge is 2.18. The average molecular weight is 255 g/mol. The smallest absolute Gasteiger partial charge is 0.178 e. The van der Waals surface area contributed by atoms with Crippen molar-refractivity contribution in [1.29, 1.82) is 0 Å². The van der Waals surface area contributed by atoms with Crippen LogP contribution in [0.15, 0.2) is 29.2 Å². The van der Waals surface area contributed by atoms with Crippen LogP contribution in [0.2, 0.25) is 0 Å². The molecule has 0 bridgehead atoms. The predicted molar refractivity (Wildman–Crippen MR) is 66.1 cm³/mol. The Hall–Kier alpha value is -1.07. The lowest BCUT2D eigenvalue weighted by atomic mass is 10.2. The number of nitrogens with one attached hydrogen (secondary N) is 1. The third-order valence-corrected chi connectivity index (χ3v) is 4.64. The van der Waals surface area contributed by atoms with Crippen LogP contribution in [0.1, 0.15) is 13.3 Å². The summed E-state index contributed by atoms with van der Waals surface area (Å²) in [4.78, 5) is 0.374. The van der Waals surface area contributed by atoms with E-state index < -0.39 is 9.84 Å². The second kappa shape index (κ2) is 5.06. The summed E-state index contributed by atoms with van der Waals surface area (Å²) in [5, 5.41) is 3.11. The lowest BCUT2D eigenvalue weighted by Gasteiger charge is -2.27. The monoisotopic (exact) mass is 255 g/mol. The molecule has 0 aromatic heterocycles. The summed E-state index contributed by atoms with van der Waals surface area (Å²) in [6.45, 7) is 3.57. The van der Waals surface area contributed by atoms with Gasteiger partial charge < -0.3 is 10.1 Å². The van der Waals surface area contributed by atoms with Crippen molar-refractivity contribution in [2.45, 2.75) is 24.3 Å². The van der Waals surface area contributed by atoms with Crippen molar-refractivity contribution >= 4 is 9.84 Å².